The zero-order valence-electron chi connectivity index (χ0n) is 11.7. The maximum absolute atomic E-state index is 14.1. The quantitative estimate of drug-likeness (QED) is 0.645. The number of rotatable bonds is 5. The Morgan fingerprint density at radius 1 is 1.35 bits per heavy atom. The van der Waals surface area contributed by atoms with Crippen LogP contribution < -0.4 is 11.3 Å². The predicted molar refractivity (Wildman–Crippen MR) is 78.8 cm³/mol. The molecule has 0 saturated heterocycles. The van der Waals surface area contributed by atoms with Gasteiger partial charge in [-0.05, 0) is 30.9 Å². The molecule has 1 fully saturated rings. The molecule has 3 N–H and O–H groups in total. The van der Waals surface area contributed by atoms with E-state index in [0.717, 1.165) is 12.8 Å². The van der Waals surface area contributed by atoms with Crippen LogP contribution in [0.3, 0.4) is 0 Å². The molecule has 1 saturated carbocycles. The Hall–Kier alpha value is -0.680. The summed E-state index contributed by atoms with van der Waals surface area (Å²) in [4.78, 5) is 0. The largest absolute Gasteiger partial charge is 0.379 e. The smallest absolute Gasteiger partial charge is 0.129 e. The van der Waals surface area contributed by atoms with Crippen LogP contribution >= 0.6 is 11.6 Å². The Labute approximate surface area is 124 Å². The highest BCUT2D eigenvalue weighted by Crippen LogP contribution is 2.36. The fourth-order valence-corrected chi connectivity index (χ4v) is 3.49. The number of hydrazine groups is 1. The molecule has 5 heteroatoms. The van der Waals surface area contributed by atoms with Gasteiger partial charge in [0.2, 0.25) is 0 Å². The van der Waals surface area contributed by atoms with Crippen LogP contribution in [0.1, 0.15) is 43.7 Å². The summed E-state index contributed by atoms with van der Waals surface area (Å²) >= 11 is 6.15. The van der Waals surface area contributed by atoms with Crippen LogP contribution in [0.15, 0.2) is 18.2 Å². The van der Waals surface area contributed by atoms with Crippen molar-refractivity contribution in [1.29, 1.82) is 0 Å². The lowest BCUT2D eigenvalue weighted by atomic mass is 9.81. The minimum absolute atomic E-state index is 0.172. The van der Waals surface area contributed by atoms with Gasteiger partial charge in [-0.2, -0.15) is 0 Å². The van der Waals surface area contributed by atoms with Gasteiger partial charge in [0.05, 0.1) is 12.1 Å². The molecular weight excluding hydrogens is 279 g/mol. The van der Waals surface area contributed by atoms with Gasteiger partial charge in [0.1, 0.15) is 5.82 Å². The average molecular weight is 301 g/mol. The number of hydrogen-bond donors (Lipinski definition) is 2. The molecule has 0 aliphatic heterocycles. The van der Waals surface area contributed by atoms with Gasteiger partial charge in [-0.15, -0.1) is 0 Å². The lowest BCUT2D eigenvalue weighted by Crippen LogP contribution is -2.42. The molecule has 0 amide bonds. The van der Waals surface area contributed by atoms with E-state index in [1.807, 2.05) is 0 Å². The van der Waals surface area contributed by atoms with Crippen LogP contribution in [0, 0.1) is 11.7 Å². The molecule has 1 aliphatic rings. The van der Waals surface area contributed by atoms with Crippen LogP contribution in [0.2, 0.25) is 5.02 Å². The van der Waals surface area contributed by atoms with Crippen molar-refractivity contribution in [2.45, 2.75) is 44.2 Å². The number of nitrogens with one attached hydrogen (secondary N) is 1. The van der Waals surface area contributed by atoms with E-state index in [1.165, 1.54) is 25.3 Å². The molecule has 0 aromatic heterocycles. The normalized spacial score (nSPS) is 19.8. The van der Waals surface area contributed by atoms with Gasteiger partial charge in [-0.1, -0.05) is 36.9 Å². The van der Waals surface area contributed by atoms with Crippen molar-refractivity contribution in [3.8, 4) is 0 Å². The van der Waals surface area contributed by atoms with Gasteiger partial charge in [0.15, 0.2) is 0 Å². The zero-order chi connectivity index (χ0) is 14.5. The van der Waals surface area contributed by atoms with Crippen LogP contribution in [0.4, 0.5) is 4.39 Å². The Morgan fingerprint density at radius 3 is 2.60 bits per heavy atom. The summed E-state index contributed by atoms with van der Waals surface area (Å²) in [6.07, 6.45) is 5.63. The molecule has 0 spiro atoms. The highest BCUT2D eigenvalue weighted by molar-refractivity contribution is 6.31. The summed E-state index contributed by atoms with van der Waals surface area (Å²) in [5.74, 6) is 5.70. The molecule has 2 rings (SSSR count). The minimum Gasteiger partial charge on any atom is -0.379 e. The molecule has 112 valence electrons. The van der Waals surface area contributed by atoms with Crippen molar-refractivity contribution >= 4 is 11.6 Å². The number of halogens is 2. The highest BCUT2D eigenvalue weighted by atomic mass is 35.5. The van der Waals surface area contributed by atoms with Gasteiger partial charge in [-0.3, -0.25) is 11.3 Å². The topological polar surface area (TPSA) is 47.3 Å². The lowest BCUT2D eigenvalue weighted by molar-refractivity contribution is 0.00667. The van der Waals surface area contributed by atoms with E-state index in [9.17, 15) is 4.39 Å². The van der Waals surface area contributed by atoms with E-state index < -0.39 is 6.04 Å². The first kappa shape index (κ1) is 15.7. The Bertz CT molecular complexity index is 418. The fraction of sp³-hybridized carbons (Fsp3) is 0.600. The SMILES string of the molecule is COC(C1CCCCC1)C(NN)c1c(F)cccc1Cl. The Balaban J connectivity index is 2.29. The number of methoxy groups -OCH3 is 1. The maximum atomic E-state index is 14.1. The fourth-order valence-electron chi connectivity index (χ4n) is 3.21. The molecule has 1 aliphatic carbocycles. The Kier molecular flexibility index (Phi) is 5.78. The maximum Gasteiger partial charge on any atom is 0.129 e. The van der Waals surface area contributed by atoms with E-state index in [2.05, 4.69) is 5.43 Å². The molecule has 1 aromatic rings. The highest BCUT2D eigenvalue weighted by Gasteiger charge is 2.33. The molecule has 1 aromatic carbocycles. The predicted octanol–water partition coefficient (Wildman–Crippen LogP) is 3.58. The van der Waals surface area contributed by atoms with Gasteiger partial charge < -0.3 is 4.74 Å². The third-order valence-electron chi connectivity index (χ3n) is 4.21. The van der Waals surface area contributed by atoms with E-state index in [1.54, 1.807) is 19.2 Å². The van der Waals surface area contributed by atoms with E-state index in [-0.39, 0.29) is 11.9 Å². The number of benzene rings is 1. The summed E-state index contributed by atoms with van der Waals surface area (Å²) in [6, 6.07) is 4.24. The molecule has 0 bridgehead atoms. The van der Waals surface area contributed by atoms with Gasteiger partial charge in [0, 0.05) is 17.7 Å². The third kappa shape index (κ3) is 3.31. The van der Waals surface area contributed by atoms with E-state index in [0.29, 0.717) is 16.5 Å². The summed E-state index contributed by atoms with van der Waals surface area (Å²) in [6.45, 7) is 0. The molecule has 3 nitrogen and oxygen atoms in total. The summed E-state index contributed by atoms with van der Waals surface area (Å²) in [7, 11) is 1.65. The van der Waals surface area contributed by atoms with Crippen LogP contribution in [-0.4, -0.2) is 13.2 Å². The van der Waals surface area contributed by atoms with Crippen molar-refractivity contribution in [1.82, 2.24) is 5.43 Å². The van der Waals surface area contributed by atoms with E-state index >= 15 is 0 Å². The average Bonchev–Trinajstić information content (AvgIpc) is 2.47. The first-order chi connectivity index (χ1) is 9.69. The van der Waals surface area contributed by atoms with Crippen LogP contribution in [0.25, 0.3) is 0 Å². The standard InChI is InChI=1S/C15H22ClFN2O/c1-20-15(10-6-3-2-4-7-10)14(19-18)13-11(16)8-5-9-12(13)17/h5,8-10,14-15,19H,2-4,6-7,18H2,1H3. The van der Waals surface area contributed by atoms with Crippen molar-refractivity contribution < 1.29 is 9.13 Å². The second kappa shape index (κ2) is 7.36. The molecule has 2 atom stereocenters. The van der Waals surface area contributed by atoms with Crippen molar-refractivity contribution in [2.75, 3.05) is 7.11 Å². The van der Waals surface area contributed by atoms with Crippen molar-refractivity contribution in [2.24, 2.45) is 11.8 Å². The van der Waals surface area contributed by atoms with Gasteiger partial charge in [-0.25, -0.2) is 4.39 Å². The molecule has 0 heterocycles. The van der Waals surface area contributed by atoms with Crippen molar-refractivity contribution in [3.05, 3.63) is 34.6 Å². The van der Waals surface area contributed by atoms with Gasteiger partial charge >= 0.3 is 0 Å². The molecular formula is C15H22ClFN2O. The first-order valence-corrected chi connectivity index (χ1v) is 7.49. The Morgan fingerprint density at radius 2 is 2.05 bits per heavy atom. The molecule has 2 unspecified atom stereocenters. The second-order valence-corrected chi connectivity index (χ2v) is 5.79. The van der Waals surface area contributed by atoms with Crippen LogP contribution in [0.5, 0.6) is 0 Å². The number of hydrogen-bond acceptors (Lipinski definition) is 3. The lowest BCUT2D eigenvalue weighted by Gasteiger charge is -2.35. The van der Waals surface area contributed by atoms with Crippen LogP contribution in [-0.2, 0) is 4.74 Å². The summed E-state index contributed by atoms with van der Waals surface area (Å²) < 4.78 is 19.8. The molecule has 0 radical (unpaired) electrons. The zero-order valence-corrected chi connectivity index (χ0v) is 12.5. The van der Waals surface area contributed by atoms with E-state index in [4.69, 9.17) is 22.2 Å². The summed E-state index contributed by atoms with van der Waals surface area (Å²) in [5, 5.41) is 0.380. The number of nitrogens with two attached hydrogens (primary N) is 1. The third-order valence-corrected chi connectivity index (χ3v) is 4.54. The summed E-state index contributed by atoms with van der Waals surface area (Å²) in [5.41, 5.74) is 3.10. The first-order valence-electron chi connectivity index (χ1n) is 7.12. The second-order valence-electron chi connectivity index (χ2n) is 5.38. The van der Waals surface area contributed by atoms with Gasteiger partial charge in [0.25, 0.3) is 0 Å². The monoisotopic (exact) mass is 300 g/mol. The van der Waals surface area contributed by atoms with Crippen molar-refractivity contribution in [3.63, 3.8) is 0 Å². The minimum atomic E-state index is -0.434. The molecule has 20 heavy (non-hydrogen) atoms. The number of ether oxygens (including phenoxy) is 1.